The monoisotopic (exact) mass is 346 g/mol. The van der Waals surface area contributed by atoms with Gasteiger partial charge >= 0.3 is 0 Å². The molecule has 0 aliphatic carbocycles. The molecule has 0 unspecified atom stereocenters. The highest BCUT2D eigenvalue weighted by atomic mass is 35.5. The molecule has 0 spiro atoms. The van der Waals surface area contributed by atoms with Crippen LogP contribution in [0.25, 0.3) is 10.7 Å². The average Bonchev–Trinajstić information content (AvgIpc) is 3.06. The minimum atomic E-state index is -0.322. The summed E-state index contributed by atoms with van der Waals surface area (Å²) >= 11 is 7.37. The average molecular weight is 347 g/mol. The Balaban J connectivity index is 1.76. The molecule has 2 aromatic heterocycles. The number of aromatic nitrogens is 3. The van der Waals surface area contributed by atoms with E-state index >= 15 is 0 Å². The third-order valence-electron chi connectivity index (χ3n) is 2.93. The lowest BCUT2D eigenvalue weighted by Gasteiger charge is -2.06. The first kappa shape index (κ1) is 15.4. The van der Waals surface area contributed by atoms with Crippen LogP contribution in [-0.2, 0) is 0 Å². The Morgan fingerprint density at radius 2 is 2.22 bits per heavy atom. The molecule has 8 heteroatoms. The van der Waals surface area contributed by atoms with Crippen molar-refractivity contribution in [1.82, 2.24) is 15.0 Å². The number of ether oxygens (including phenoxy) is 1. The maximum Gasteiger partial charge on any atom is 0.275 e. The fraction of sp³-hybridized carbons (Fsp3) is 0.0667. The lowest BCUT2D eigenvalue weighted by atomic mass is 10.3. The van der Waals surface area contributed by atoms with Gasteiger partial charge in [0, 0.05) is 23.5 Å². The van der Waals surface area contributed by atoms with Crippen LogP contribution >= 0.6 is 22.9 Å². The van der Waals surface area contributed by atoms with Gasteiger partial charge in [0.25, 0.3) is 5.91 Å². The molecule has 0 saturated carbocycles. The van der Waals surface area contributed by atoms with Crippen LogP contribution in [-0.4, -0.2) is 28.0 Å². The van der Waals surface area contributed by atoms with Gasteiger partial charge in [-0.1, -0.05) is 11.6 Å². The SMILES string of the molecule is COc1ccc(NC(=O)c2csc(-c3cnccn3)n2)cc1Cl. The summed E-state index contributed by atoms with van der Waals surface area (Å²) in [6, 6.07) is 5.01. The standard InChI is InChI=1S/C15H11ClN4O2S/c1-22-13-3-2-9(6-10(13)16)19-14(21)12-8-23-15(20-12)11-7-17-4-5-18-11/h2-8H,1H3,(H,19,21). The predicted molar refractivity (Wildman–Crippen MR) is 89.1 cm³/mol. The van der Waals surface area contributed by atoms with E-state index in [-0.39, 0.29) is 5.91 Å². The third kappa shape index (κ3) is 3.46. The van der Waals surface area contributed by atoms with Crippen molar-refractivity contribution < 1.29 is 9.53 Å². The molecule has 3 rings (SSSR count). The number of rotatable bonds is 4. The Hall–Kier alpha value is -2.51. The summed E-state index contributed by atoms with van der Waals surface area (Å²) in [5.41, 5.74) is 1.50. The van der Waals surface area contributed by atoms with Gasteiger partial charge in [-0.2, -0.15) is 0 Å². The van der Waals surface area contributed by atoms with E-state index in [1.54, 1.807) is 42.2 Å². The molecule has 1 aromatic carbocycles. The summed E-state index contributed by atoms with van der Waals surface area (Å²) in [6.07, 6.45) is 4.76. The summed E-state index contributed by atoms with van der Waals surface area (Å²) in [4.78, 5) is 24.7. The minimum Gasteiger partial charge on any atom is -0.495 e. The van der Waals surface area contributed by atoms with Crippen LogP contribution in [0.1, 0.15) is 10.5 Å². The molecular weight excluding hydrogens is 336 g/mol. The van der Waals surface area contributed by atoms with E-state index in [2.05, 4.69) is 20.3 Å². The molecule has 0 radical (unpaired) electrons. The van der Waals surface area contributed by atoms with Crippen LogP contribution in [0.4, 0.5) is 5.69 Å². The number of hydrogen-bond donors (Lipinski definition) is 1. The van der Waals surface area contributed by atoms with Crippen LogP contribution < -0.4 is 10.1 Å². The van der Waals surface area contributed by atoms with Gasteiger partial charge in [0.05, 0.1) is 18.3 Å². The van der Waals surface area contributed by atoms with Crippen molar-refractivity contribution in [2.45, 2.75) is 0 Å². The van der Waals surface area contributed by atoms with Crippen LogP contribution in [0.15, 0.2) is 42.2 Å². The van der Waals surface area contributed by atoms with Crippen LogP contribution in [0.3, 0.4) is 0 Å². The van der Waals surface area contributed by atoms with Crippen molar-refractivity contribution in [1.29, 1.82) is 0 Å². The summed E-state index contributed by atoms with van der Waals surface area (Å²) in [5.74, 6) is 0.223. The third-order valence-corrected chi connectivity index (χ3v) is 4.09. The second-order valence-electron chi connectivity index (χ2n) is 4.43. The van der Waals surface area contributed by atoms with E-state index in [9.17, 15) is 4.79 Å². The van der Waals surface area contributed by atoms with Gasteiger partial charge in [-0.05, 0) is 18.2 Å². The summed E-state index contributed by atoms with van der Waals surface area (Å²) in [5, 5.41) is 5.47. The zero-order valence-electron chi connectivity index (χ0n) is 12.0. The zero-order chi connectivity index (χ0) is 16.2. The Kier molecular flexibility index (Phi) is 4.50. The van der Waals surface area contributed by atoms with Gasteiger partial charge in [0.1, 0.15) is 22.1 Å². The Bertz CT molecular complexity index is 839. The summed E-state index contributed by atoms with van der Waals surface area (Å²) in [6.45, 7) is 0. The van der Waals surface area contributed by atoms with Gasteiger partial charge in [-0.3, -0.25) is 14.8 Å². The highest BCUT2D eigenvalue weighted by Crippen LogP contribution is 2.27. The Morgan fingerprint density at radius 3 is 2.91 bits per heavy atom. The van der Waals surface area contributed by atoms with Crippen LogP contribution in [0, 0.1) is 0 Å². The number of halogens is 1. The fourth-order valence-corrected chi connectivity index (χ4v) is 2.86. The number of amides is 1. The van der Waals surface area contributed by atoms with Gasteiger partial charge in [-0.25, -0.2) is 4.98 Å². The number of nitrogens with zero attached hydrogens (tertiary/aromatic N) is 3. The van der Waals surface area contributed by atoms with E-state index in [1.807, 2.05) is 0 Å². The van der Waals surface area contributed by atoms with Crippen molar-refractivity contribution in [2.75, 3.05) is 12.4 Å². The molecule has 0 bridgehead atoms. The first-order valence-corrected chi connectivity index (χ1v) is 7.80. The number of hydrogen-bond acceptors (Lipinski definition) is 6. The van der Waals surface area contributed by atoms with E-state index < -0.39 is 0 Å². The van der Waals surface area contributed by atoms with E-state index in [0.717, 1.165) is 0 Å². The van der Waals surface area contributed by atoms with Gasteiger partial charge < -0.3 is 10.1 Å². The molecule has 0 saturated heterocycles. The van der Waals surface area contributed by atoms with Crippen molar-refractivity contribution in [3.8, 4) is 16.5 Å². The first-order chi connectivity index (χ1) is 11.2. The second-order valence-corrected chi connectivity index (χ2v) is 5.70. The number of carbonyl (C=O) groups is 1. The van der Waals surface area contributed by atoms with Crippen molar-refractivity contribution in [3.05, 3.63) is 52.9 Å². The number of carbonyl (C=O) groups excluding carboxylic acids is 1. The summed E-state index contributed by atoms with van der Waals surface area (Å²) < 4.78 is 5.07. The lowest BCUT2D eigenvalue weighted by molar-refractivity contribution is 0.102. The van der Waals surface area contributed by atoms with Crippen molar-refractivity contribution in [2.24, 2.45) is 0 Å². The highest BCUT2D eigenvalue weighted by Gasteiger charge is 2.13. The molecule has 23 heavy (non-hydrogen) atoms. The molecular formula is C15H11ClN4O2S. The minimum absolute atomic E-state index is 0.308. The summed E-state index contributed by atoms with van der Waals surface area (Å²) in [7, 11) is 1.53. The highest BCUT2D eigenvalue weighted by molar-refractivity contribution is 7.13. The largest absolute Gasteiger partial charge is 0.495 e. The molecule has 0 aliphatic rings. The maximum atomic E-state index is 12.2. The zero-order valence-corrected chi connectivity index (χ0v) is 13.6. The molecule has 0 fully saturated rings. The van der Waals surface area contributed by atoms with Gasteiger partial charge in [0.15, 0.2) is 0 Å². The number of nitrogens with one attached hydrogen (secondary N) is 1. The number of benzene rings is 1. The Labute approximate surface area is 141 Å². The van der Waals surface area contributed by atoms with Crippen molar-refractivity contribution in [3.63, 3.8) is 0 Å². The molecule has 1 N–H and O–H groups in total. The quantitative estimate of drug-likeness (QED) is 0.782. The second kappa shape index (κ2) is 6.72. The molecule has 3 aromatic rings. The fourth-order valence-electron chi connectivity index (χ4n) is 1.84. The predicted octanol–water partition coefficient (Wildman–Crippen LogP) is 3.51. The lowest BCUT2D eigenvalue weighted by Crippen LogP contribution is -2.12. The topological polar surface area (TPSA) is 77.0 Å². The van der Waals surface area contributed by atoms with E-state index in [0.29, 0.717) is 32.9 Å². The smallest absolute Gasteiger partial charge is 0.275 e. The number of anilines is 1. The normalized spacial score (nSPS) is 10.3. The van der Waals surface area contributed by atoms with E-state index in [4.69, 9.17) is 16.3 Å². The van der Waals surface area contributed by atoms with Crippen LogP contribution in [0.5, 0.6) is 5.75 Å². The first-order valence-electron chi connectivity index (χ1n) is 6.54. The molecule has 0 aliphatic heterocycles. The van der Waals surface area contributed by atoms with Crippen molar-refractivity contribution >= 4 is 34.5 Å². The van der Waals surface area contributed by atoms with Gasteiger partial charge in [-0.15, -0.1) is 11.3 Å². The number of methoxy groups -OCH3 is 1. The molecule has 6 nitrogen and oxygen atoms in total. The van der Waals surface area contributed by atoms with E-state index in [1.165, 1.54) is 18.4 Å². The Morgan fingerprint density at radius 1 is 1.35 bits per heavy atom. The molecule has 1 amide bonds. The number of thiazole rings is 1. The maximum absolute atomic E-state index is 12.2. The molecule has 2 heterocycles. The van der Waals surface area contributed by atoms with Crippen LogP contribution in [0.2, 0.25) is 5.02 Å². The molecule has 0 atom stereocenters. The van der Waals surface area contributed by atoms with Gasteiger partial charge in [0.2, 0.25) is 0 Å². The molecule has 116 valence electrons.